The van der Waals surface area contributed by atoms with Crippen molar-refractivity contribution in [3.63, 3.8) is 0 Å². The van der Waals surface area contributed by atoms with Crippen molar-refractivity contribution in [2.24, 2.45) is 13.0 Å². The van der Waals surface area contributed by atoms with Crippen molar-refractivity contribution >= 4 is 17.6 Å². The highest BCUT2D eigenvalue weighted by molar-refractivity contribution is 6.07. The zero-order valence-electron chi connectivity index (χ0n) is 12.5. The van der Waals surface area contributed by atoms with E-state index in [-0.39, 0.29) is 11.8 Å². The van der Waals surface area contributed by atoms with Crippen molar-refractivity contribution in [2.75, 3.05) is 4.90 Å². The molecule has 0 radical (unpaired) electrons. The number of rotatable bonds is 4. The second kappa shape index (κ2) is 5.64. The molecule has 1 aromatic rings. The number of carbonyl (C=O) groups is 2. The molecule has 0 spiro atoms. The van der Waals surface area contributed by atoms with Crippen LogP contribution in [0, 0.1) is 5.92 Å². The lowest BCUT2D eigenvalue weighted by molar-refractivity contribution is -0.134. The molecule has 0 saturated carbocycles. The predicted molar refractivity (Wildman–Crippen MR) is 76.2 cm³/mol. The molecule has 2 unspecified atom stereocenters. The van der Waals surface area contributed by atoms with E-state index >= 15 is 0 Å². The van der Waals surface area contributed by atoms with E-state index in [9.17, 15) is 9.59 Å². The van der Waals surface area contributed by atoms with Gasteiger partial charge in [0.05, 0.1) is 0 Å². The highest BCUT2D eigenvalue weighted by atomic mass is 16.2. The van der Waals surface area contributed by atoms with Crippen LogP contribution >= 0.6 is 0 Å². The molecule has 0 aromatic carbocycles. The Kier molecular flexibility index (Phi) is 4.11. The summed E-state index contributed by atoms with van der Waals surface area (Å²) in [5, 5.41) is 7.11. The molecule has 1 aliphatic heterocycles. The zero-order valence-corrected chi connectivity index (χ0v) is 12.5. The molecule has 1 N–H and O–H groups in total. The Morgan fingerprint density at radius 1 is 1.40 bits per heavy atom. The third-order valence-electron chi connectivity index (χ3n) is 3.51. The van der Waals surface area contributed by atoms with Gasteiger partial charge in [-0.25, -0.2) is 0 Å². The first-order valence-electron chi connectivity index (χ1n) is 7.07. The van der Waals surface area contributed by atoms with Gasteiger partial charge in [0.25, 0.3) is 5.91 Å². The normalized spacial score (nSPS) is 23.4. The highest BCUT2D eigenvalue weighted by Crippen LogP contribution is 2.23. The Labute approximate surface area is 119 Å². The third-order valence-corrected chi connectivity index (χ3v) is 3.51. The van der Waals surface area contributed by atoms with Crippen LogP contribution < -0.4 is 10.2 Å². The second-order valence-corrected chi connectivity index (χ2v) is 5.67. The maximum Gasteiger partial charge on any atom is 0.251 e. The topological polar surface area (TPSA) is 67.2 Å². The fourth-order valence-corrected chi connectivity index (χ4v) is 2.57. The van der Waals surface area contributed by atoms with Crippen LogP contribution in [-0.4, -0.2) is 33.7 Å². The Morgan fingerprint density at radius 3 is 2.60 bits per heavy atom. The Hall–Kier alpha value is -1.85. The van der Waals surface area contributed by atoms with E-state index in [4.69, 9.17) is 0 Å². The van der Waals surface area contributed by atoms with Crippen LogP contribution in [0.3, 0.4) is 0 Å². The molecule has 1 saturated heterocycles. The first kappa shape index (κ1) is 14.6. The van der Waals surface area contributed by atoms with Gasteiger partial charge in [-0.05, 0) is 18.8 Å². The van der Waals surface area contributed by atoms with Gasteiger partial charge in [0.1, 0.15) is 12.1 Å². The average Bonchev–Trinajstić information content (AvgIpc) is 2.78. The summed E-state index contributed by atoms with van der Waals surface area (Å²) in [7, 11) is 1.80. The van der Waals surface area contributed by atoms with Gasteiger partial charge in [-0.15, -0.1) is 0 Å². The van der Waals surface area contributed by atoms with Crippen molar-refractivity contribution in [2.45, 2.75) is 45.7 Å². The number of nitrogens with zero attached hydrogens (tertiary/aromatic N) is 3. The van der Waals surface area contributed by atoms with Crippen LogP contribution in [0.1, 0.15) is 33.6 Å². The molecule has 110 valence electrons. The van der Waals surface area contributed by atoms with Gasteiger partial charge in [0.2, 0.25) is 5.91 Å². The summed E-state index contributed by atoms with van der Waals surface area (Å²) in [5.41, 5.74) is 0. The number of anilines is 1. The van der Waals surface area contributed by atoms with Gasteiger partial charge in [0.15, 0.2) is 5.82 Å². The third kappa shape index (κ3) is 2.69. The lowest BCUT2D eigenvalue weighted by Crippen LogP contribution is -2.63. The van der Waals surface area contributed by atoms with Gasteiger partial charge >= 0.3 is 0 Å². The van der Waals surface area contributed by atoms with E-state index < -0.39 is 12.1 Å². The maximum absolute atomic E-state index is 12.6. The van der Waals surface area contributed by atoms with E-state index in [1.54, 1.807) is 28.9 Å². The molecule has 20 heavy (non-hydrogen) atoms. The standard InChI is InChI=1S/C14H22N4O2/c1-5-11-13(19)15-10(8-9(2)3)14(20)18(11)12-6-7-17(4)16-12/h6-7,9-11H,5,8H2,1-4H3,(H,15,19). The molecule has 6 heteroatoms. The average molecular weight is 278 g/mol. The molecule has 2 atom stereocenters. The van der Waals surface area contributed by atoms with Crippen molar-refractivity contribution in [3.05, 3.63) is 12.3 Å². The lowest BCUT2D eigenvalue weighted by atomic mass is 9.97. The van der Waals surface area contributed by atoms with E-state index in [1.807, 2.05) is 20.8 Å². The fraction of sp³-hybridized carbons (Fsp3) is 0.643. The summed E-state index contributed by atoms with van der Waals surface area (Å²) in [6.45, 7) is 5.98. The molecular weight excluding hydrogens is 256 g/mol. The summed E-state index contributed by atoms with van der Waals surface area (Å²) in [4.78, 5) is 26.4. The Bertz CT molecular complexity index is 509. The summed E-state index contributed by atoms with van der Waals surface area (Å²) in [5.74, 6) is 0.730. The highest BCUT2D eigenvalue weighted by Gasteiger charge is 2.41. The predicted octanol–water partition coefficient (Wildman–Crippen LogP) is 1.08. The van der Waals surface area contributed by atoms with Gasteiger partial charge in [0, 0.05) is 19.3 Å². The molecule has 6 nitrogen and oxygen atoms in total. The summed E-state index contributed by atoms with van der Waals surface area (Å²) < 4.78 is 1.64. The van der Waals surface area contributed by atoms with Gasteiger partial charge in [-0.2, -0.15) is 5.10 Å². The fourth-order valence-electron chi connectivity index (χ4n) is 2.57. The minimum atomic E-state index is -0.471. The SMILES string of the molecule is CCC1C(=O)NC(CC(C)C)C(=O)N1c1ccn(C)n1. The van der Waals surface area contributed by atoms with Crippen LogP contribution in [-0.2, 0) is 16.6 Å². The molecule has 1 fully saturated rings. The largest absolute Gasteiger partial charge is 0.342 e. The number of aryl methyl sites for hydroxylation is 1. The number of carbonyl (C=O) groups excluding carboxylic acids is 2. The molecule has 2 rings (SSSR count). The Morgan fingerprint density at radius 2 is 2.10 bits per heavy atom. The summed E-state index contributed by atoms with van der Waals surface area (Å²) in [6, 6.07) is 0.846. The minimum Gasteiger partial charge on any atom is -0.342 e. The number of hydrogen-bond donors (Lipinski definition) is 1. The Balaban J connectivity index is 2.32. The van der Waals surface area contributed by atoms with E-state index in [0.717, 1.165) is 0 Å². The maximum atomic E-state index is 12.6. The van der Waals surface area contributed by atoms with E-state index in [1.165, 1.54) is 0 Å². The van der Waals surface area contributed by atoms with E-state index in [2.05, 4.69) is 10.4 Å². The molecule has 2 amide bonds. The number of aromatic nitrogens is 2. The van der Waals surface area contributed by atoms with Crippen LogP contribution in [0.2, 0.25) is 0 Å². The number of piperazine rings is 1. The van der Waals surface area contributed by atoms with Crippen LogP contribution in [0.4, 0.5) is 5.82 Å². The minimum absolute atomic E-state index is 0.0659. The number of hydrogen-bond acceptors (Lipinski definition) is 3. The van der Waals surface area contributed by atoms with Crippen LogP contribution in [0.25, 0.3) is 0 Å². The number of amides is 2. The molecule has 1 aromatic heterocycles. The molecular formula is C14H22N4O2. The molecule has 1 aliphatic rings. The molecule has 0 bridgehead atoms. The quantitative estimate of drug-likeness (QED) is 0.896. The van der Waals surface area contributed by atoms with Crippen molar-refractivity contribution in [3.8, 4) is 0 Å². The smallest absolute Gasteiger partial charge is 0.251 e. The van der Waals surface area contributed by atoms with Gasteiger partial charge in [-0.3, -0.25) is 19.2 Å². The lowest BCUT2D eigenvalue weighted by Gasteiger charge is -2.37. The van der Waals surface area contributed by atoms with Crippen LogP contribution in [0.15, 0.2) is 12.3 Å². The summed E-state index contributed by atoms with van der Waals surface area (Å²) >= 11 is 0. The van der Waals surface area contributed by atoms with Gasteiger partial charge < -0.3 is 5.32 Å². The second-order valence-electron chi connectivity index (χ2n) is 5.67. The first-order valence-corrected chi connectivity index (χ1v) is 7.07. The van der Waals surface area contributed by atoms with Crippen molar-refractivity contribution in [1.29, 1.82) is 0 Å². The van der Waals surface area contributed by atoms with Crippen LogP contribution in [0.5, 0.6) is 0 Å². The number of nitrogens with one attached hydrogen (secondary N) is 1. The zero-order chi connectivity index (χ0) is 14.9. The molecule has 2 heterocycles. The monoisotopic (exact) mass is 278 g/mol. The van der Waals surface area contributed by atoms with Gasteiger partial charge in [-0.1, -0.05) is 20.8 Å². The van der Waals surface area contributed by atoms with Crippen molar-refractivity contribution in [1.82, 2.24) is 15.1 Å². The van der Waals surface area contributed by atoms with E-state index in [0.29, 0.717) is 24.6 Å². The first-order chi connectivity index (χ1) is 9.43. The summed E-state index contributed by atoms with van der Waals surface area (Å²) in [6.07, 6.45) is 2.99. The van der Waals surface area contributed by atoms with Crippen molar-refractivity contribution < 1.29 is 9.59 Å². The molecule has 0 aliphatic carbocycles.